The summed E-state index contributed by atoms with van der Waals surface area (Å²) in [6, 6.07) is 25.6. The summed E-state index contributed by atoms with van der Waals surface area (Å²) in [6.07, 6.45) is 2.00. The van der Waals surface area contributed by atoms with Crippen LogP contribution in [0.25, 0.3) is 11.5 Å². The molecule has 0 bridgehead atoms. The highest BCUT2D eigenvalue weighted by molar-refractivity contribution is 5.90. The van der Waals surface area contributed by atoms with Gasteiger partial charge >= 0.3 is 6.03 Å². The van der Waals surface area contributed by atoms with Gasteiger partial charge in [-0.3, -0.25) is 0 Å². The summed E-state index contributed by atoms with van der Waals surface area (Å²) in [5, 5.41) is 7.80. The zero-order chi connectivity index (χ0) is 27.1. The van der Waals surface area contributed by atoms with Crippen molar-refractivity contribution in [2.45, 2.75) is 26.4 Å². The van der Waals surface area contributed by atoms with Crippen molar-refractivity contribution in [1.82, 2.24) is 19.2 Å². The predicted molar refractivity (Wildman–Crippen MR) is 148 cm³/mol. The zero-order valence-corrected chi connectivity index (χ0v) is 21.9. The Bertz CT molecular complexity index is 1670. The first kappa shape index (κ1) is 24.5. The van der Waals surface area contributed by atoms with Gasteiger partial charge in [0.2, 0.25) is 0 Å². The van der Waals surface area contributed by atoms with Crippen molar-refractivity contribution in [3.8, 4) is 17.3 Å². The van der Waals surface area contributed by atoms with Crippen LogP contribution in [0.5, 0.6) is 5.75 Å². The fraction of sp³-hybridized carbons (Fsp3) is 0.161. The number of methoxy groups -OCH3 is 1. The third-order valence-corrected chi connectivity index (χ3v) is 7.18. The van der Waals surface area contributed by atoms with Gasteiger partial charge in [0.25, 0.3) is 0 Å². The normalized spacial score (nSPS) is 14.4. The molecule has 0 aliphatic carbocycles. The van der Waals surface area contributed by atoms with E-state index >= 15 is 0 Å². The number of aromatic nitrogens is 3. The lowest BCUT2D eigenvalue weighted by Gasteiger charge is -2.31. The summed E-state index contributed by atoms with van der Waals surface area (Å²) < 4.78 is 23.9. The van der Waals surface area contributed by atoms with Crippen molar-refractivity contribution in [3.63, 3.8) is 0 Å². The van der Waals surface area contributed by atoms with Crippen LogP contribution in [0, 0.1) is 19.7 Å². The summed E-state index contributed by atoms with van der Waals surface area (Å²) >= 11 is 0. The topological polar surface area (TPSA) is 64.3 Å². The van der Waals surface area contributed by atoms with E-state index in [2.05, 4.69) is 9.88 Å². The van der Waals surface area contributed by atoms with Crippen LogP contribution in [0.2, 0.25) is 0 Å². The molecule has 2 amide bonds. The SMILES string of the molecule is COc1cccc([C@@H]2c3cccn3-c3c(c(C)nn3-c3ccccc3)CN2C(=O)Nc2ccc(C)c(F)c2)c1. The Morgan fingerprint density at radius 3 is 2.59 bits per heavy atom. The van der Waals surface area contributed by atoms with Crippen molar-refractivity contribution in [2.75, 3.05) is 12.4 Å². The van der Waals surface area contributed by atoms with E-state index in [0.717, 1.165) is 34.0 Å². The van der Waals surface area contributed by atoms with Crippen LogP contribution in [0.1, 0.15) is 34.1 Å². The Hall–Kier alpha value is -4.85. The molecule has 0 fully saturated rings. The van der Waals surface area contributed by atoms with Crippen LogP contribution in [0.3, 0.4) is 0 Å². The molecule has 0 saturated heterocycles. The second kappa shape index (κ2) is 9.79. The van der Waals surface area contributed by atoms with Crippen molar-refractivity contribution >= 4 is 11.7 Å². The smallest absolute Gasteiger partial charge is 0.322 e. The van der Waals surface area contributed by atoms with Crippen LogP contribution >= 0.6 is 0 Å². The molecule has 3 aromatic carbocycles. The fourth-order valence-corrected chi connectivity index (χ4v) is 5.18. The zero-order valence-electron chi connectivity index (χ0n) is 21.9. The molecule has 5 aromatic rings. The molecule has 3 heterocycles. The van der Waals surface area contributed by atoms with Crippen molar-refractivity contribution in [2.24, 2.45) is 0 Å². The van der Waals surface area contributed by atoms with Crippen molar-refractivity contribution < 1.29 is 13.9 Å². The molecule has 39 heavy (non-hydrogen) atoms. The van der Waals surface area contributed by atoms with Gasteiger partial charge in [-0.2, -0.15) is 5.10 Å². The number of benzene rings is 3. The lowest BCUT2D eigenvalue weighted by molar-refractivity contribution is 0.194. The molecule has 196 valence electrons. The Morgan fingerprint density at radius 2 is 1.82 bits per heavy atom. The molecule has 0 saturated carbocycles. The minimum Gasteiger partial charge on any atom is -0.497 e. The molecule has 0 radical (unpaired) electrons. The number of amides is 2. The summed E-state index contributed by atoms with van der Waals surface area (Å²) in [5.41, 5.74) is 5.36. The quantitative estimate of drug-likeness (QED) is 0.291. The molecule has 7 nitrogen and oxygen atoms in total. The number of nitrogens with one attached hydrogen (secondary N) is 1. The number of para-hydroxylation sites is 1. The minimum atomic E-state index is -0.457. The first-order valence-corrected chi connectivity index (χ1v) is 12.7. The maximum Gasteiger partial charge on any atom is 0.322 e. The van der Waals surface area contributed by atoms with Gasteiger partial charge in [-0.1, -0.05) is 36.4 Å². The second-order valence-corrected chi connectivity index (χ2v) is 9.64. The third-order valence-electron chi connectivity index (χ3n) is 7.18. The predicted octanol–water partition coefficient (Wildman–Crippen LogP) is 6.56. The summed E-state index contributed by atoms with van der Waals surface area (Å²) in [5.74, 6) is 1.20. The number of fused-ring (bicyclic) bond motifs is 3. The van der Waals surface area contributed by atoms with Gasteiger partial charge in [0.15, 0.2) is 0 Å². The highest BCUT2D eigenvalue weighted by Gasteiger charge is 2.36. The fourth-order valence-electron chi connectivity index (χ4n) is 5.18. The molecule has 6 rings (SSSR count). The number of anilines is 1. The van der Waals surface area contributed by atoms with Crippen LogP contribution in [-0.4, -0.2) is 32.4 Å². The summed E-state index contributed by atoms with van der Waals surface area (Å²) in [4.78, 5) is 15.8. The van der Waals surface area contributed by atoms with E-state index in [1.807, 2.05) is 84.5 Å². The second-order valence-electron chi connectivity index (χ2n) is 9.64. The largest absolute Gasteiger partial charge is 0.497 e. The Labute approximate surface area is 226 Å². The molecule has 1 aliphatic heterocycles. The number of halogens is 1. The number of urea groups is 1. The lowest BCUT2D eigenvalue weighted by atomic mass is 10.0. The molecule has 8 heteroatoms. The molecule has 1 N–H and O–H groups in total. The number of carbonyl (C=O) groups is 1. The Morgan fingerprint density at radius 1 is 1.00 bits per heavy atom. The van der Waals surface area contributed by atoms with Crippen LogP contribution < -0.4 is 10.1 Å². The lowest BCUT2D eigenvalue weighted by Crippen LogP contribution is -2.38. The Kier molecular flexibility index (Phi) is 6.15. The standard InChI is InChI=1S/C31H28FN5O2/c1-20-14-15-23(18-27(20)32)33-31(38)36-19-26-21(2)34-37(24-10-5-4-6-11-24)30(26)35-16-8-13-28(35)29(36)22-9-7-12-25(17-22)39-3/h4-18,29H,19H2,1-3H3,(H,33,38)/t29-/m1/s1. The molecular formula is C31H28FN5O2. The first-order valence-electron chi connectivity index (χ1n) is 12.7. The number of aryl methyl sites for hydroxylation is 2. The monoisotopic (exact) mass is 521 g/mol. The van der Waals surface area contributed by atoms with Gasteiger partial charge in [-0.05, 0) is 73.5 Å². The van der Waals surface area contributed by atoms with E-state index in [4.69, 9.17) is 9.84 Å². The van der Waals surface area contributed by atoms with Gasteiger partial charge in [0.1, 0.15) is 17.4 Å². The van der Waals surface area contributed by atoms with Crippen molar-refractivity contribution in [1.29, 1.82) is 0 Å². The number of ether oxygens (including phenoxy) is 1. The summed E-state index contributed by atoms with van der Waals surface area (Å²) in [7, 11) is 1.62. The van der Waals surface area contributed by atoms with Crippen molar-refractivity contribution in [3.05, 3.63) is 125 Å². The summed E-state index contributed by atoms with van der Waals surface area (Å²) in [6.45, 7) is 3.94. The van der Waals surface area contributed by atoms with Gasteiger partial charge in [0, 0.05) is 17.4 Å². The number of hydrogen-bond acceptors (Lipinski definition) is 3. The molecule has 2 aromatic heterocycles. The van der Waals surface area contributed by atoms with Gasteiger partial charge in [-0.25, -0.2) is 13.9 Å². The molecule has 0 spiro atoms. The van der Waals surface area contributed by atoms with E-state index in [1.165, 1.54) is 6.07 Å². The molecule has 1 aliphatic rings. The van der Waals surface area contributed by atoms with E-state index < -0.39 is 6.04 Å². The molecule has 0 unspecified atom stereocenters. The van der Waals surface area contributed by atoms with E-state index in [1.54, 1.807) is 31.1 Å². The van der Waals surface area contributed by atoms with Gasteiger partial charge in [0.05, 0.1) is 36.8 Å². The Balaban J connectivity index is 1.53. The average Bonchev–Trinajstić information content (AvgIpc) is 3.51. The van der Waals surface area contributed by atoms with E-state index in [0.29, 0.717) is 17.0 Å². The van der Waals surface area contributed by atoms with Crippen LogP contribution in [-0.2, 0) is 6.54 Å². The number of hydrogen-bond donors (Lipinski definition) is 1. The maximum atomic E-state index is 14.3. The van der Waals surface area contributed by atoms with E-state index in [-0.39, 0.29) is 18.4 Å². The molecular weight excluding hydrogens is 493 g/mol. The number of nitrogens with zero attached hydrogens (tertiary/aromatic N) is 4. The maximum absolute atomic E-state index is 14.3. The number of carbonyl (C=O) groups excluding carboxylic acids is 1. The van der Waals surface area contributed by atoms with Gasteiger partial charge in [-0.15, -0.1) is 0 Å². The highest BCUT2D eigenvalue weighted by Crippen LogP contribution is 2.39. The first-order chi connectivity index (χ1) is 18.9. The van der Waals surface area contributed by atoms with E-state index in [9.17, 15) is 9.18 Å². The molecule has 1 atom stereocenters. The average molecular weight is 522 g/mol. The van der Waals surface area contributed by atoms with Gasteiger partial charge < -0.3 is 19.5 Å². The highest BCUT2D eigenvalue weighted by atomic mass is 19.1. The van der Waals surface area contributed by atoms with Crippen LogP contribution in [0.15, 0.2) is 91.1 Å². The minimum absolute atomic E-state index is 0.289. The van der Waals surface area contributed by atoms with Crippen LogP contribution in [0.4, 0.5) is 14.9 Å². The number of rotatable bonds is 4. The third kappa shape index (κ3) is 4.33.